The second kappa shape index (κ2) is 6.39. The van der Waals surface area contributed by atoms with Crippen LogP contribution in [0.3, 0.4) is 0 Å². The van der Waals surface area contributed by atoms with Crippen molar-refractivity contribution in [1.29, 1.82) is 5.26 Å². The Kier molecular flexibility index (Phi) is 4.30. The van der Waals surface area contributed by atoms with Gasteiger partial charge in [0.25, 0.3) is 11.1 Å². The molecule has 1 aliphatic rings. The normalized spacial score (nSPS) is 16.5. The van der Waals surface area contributed by atoms with Gasteiger partial charge < -0.3 is 14.5 Å². The maximum absolute atomic E-state index is 12.6. The minimum atomic E-state index is -0.459. The molecule has 120 valence electrons. The van der Waals surface area contributed by atoms with Crippen LogP contribution < -0.4 is 11.1 Å². The Morgan fingerprint density at radius 1 is 1.35 bits per heavy atom. The highest BCUT2D eigenvalue weighted by molar-refractivity contribution is 5.78. The zero-order chi connectivity index (χ0) is 16.4. The van der Waals surface area contributed by atoms with Gasteiger partial charge in [0.15, 0.2) is 0 Å². The molecule has 0 bridgehead atoms. The summed E-state index contributed by atoms with van der Waals surface area (Å²) in [5, 5.41) is 9.34. The summed E-state index contributed by atoms with van der Waals surface area (Å²) in [6, 6.07) is 5.38. The van der Waals surface area contributed by atoms with E-state index >= 15 is 0 Å². The van der Waals surface area contributed by atoms with E-state index in [1.807, 2.05) is 6.07 Å². The van der Waals surface area contributed by atoms with Gasteiger partial charge in [-0.25, -0.2) is 0 Å². The average molecular weight is 312 g/mol. The minimum Gasteiger partial charge on any atom is -0.321 e. The molecule has 6 nitrogen and oxygen atoms in total. The molecule has 0 spiro atoms. The van der Waals surface area contributed by atoms with Crippen LogP contribution in [-0.2, 0) is 6.54 Å². The van der Waals surface area contributed by atoms with Gasteiger partial charge >= 0.3 is 0 Å². The Balaban J connectivity index is 1.85. The number of aryl methyl sites for hydroxylation is 1. The standard InChI is InChI=1S/C17H20N4O2/c1-12(20-6-2-3-7-20)4-8-21-9-5-15-14(17(21)23)10-13(11-18)16(22)19-15/h5,9-10,12H,2-4,6-8H2,1H3,(H,19,22). The molecular weight excluding hydrogens is 292 g/mol. The van der Waals surface area contributed by atoms with Gasteiger partial charge in [-0.1, -0.05) is 0 Å². The van der Waals surface area contributed by atoms with Crippen molar-refractivity contribution in [3.8, 4) is 6.07 Å². The fourth-order valence-electron chi connectivity index (χ4n) is 3.19. The van der Waals surface area contributed by atoms with E-state index in [4.69, 9.17) is 5.26 Å². The monoisotopic (exact) mass is 312 g/mol. The zero-order valence-electron chi connectivity index (χ0n) is 13.2. The van der Waals surface area contributed by atoms with Crippen molar-refractivity contribution in [2.24, 2.45) is 0 Å². The Morgan fingerprint density at radius 2 is 2.09 bits per heavy atom. The number of rotatable bonds is 4. The van der Waals surface area contributed by atoms with Crippen molar-refractivity contribution in [3.63, 3.8) is 0 Å². The first kappa shape index (κ1) is 15.5. The number of nitrogens with one attached hydrogen (secondary N) is 1. The molecule has 0 amide bonds. The Labute approximate surface area is 134 Å². The topological polar surface area (TPSA) is 81.9 Å². The molecule has 3 rings (SSSR count). The van der Waals surface area contributed by atoms with Crippen molar-refractivity contribution >= 4 is 10.9 Å². The third-order valence-corrected chi connectivity index (χ3v) is 4.66. The molecule has 1 unspecified atom stereocenters. The molecule has 6 heteroatoms. The SMILES string of the molecule is CC(CCn1ccc2[nH]c(=O)c(C#N)cc2c1=O)N1CCCC1. The number of aromatic amines is 1. The average Bonchev–Trinajstić information content (AvgIpc) is 3.08. The smallest absolute Gasteiger partial charge is 0.266 e. The van der Waals surface area contributed by atoms with E-state index in [1.54, 1.807) is 16.8 Å². The van der Waals surface area contributed by atoms with Gasteiger partial charge in [-0.05, 0) is 51.4 Å². The first-order chi connectivity index (χ1) is 11.1. The highest BCUT2D eigenvalue weighted by atomic mass is 16.1. The Morgan fingerprint density at radius 3 is 2.78 bits per heavy atom. The molecule has 0 aromatic carbocycles. The van der Waals surface area contributed by atoms with Crippen molar-refractivity contribution in [2.45, 2.75) is 38.8 Å². The van der Waals surface area contributed by atoms with E-state index in [2.05, 4.69) is 16.8 Å². The molecule has 0 radical (unpaired) electrons. The minimum absolute atomic E-state index is 0.0298. The molecule has 1 saturated heterocycles. The second-order valence-electron chi connectivity index (χ2n) is 6.15. The Bertz CT molecular complexity index is 869. The quantitative estimate of drug-likeness (QED) is 0.926. The number of fused-ring (bicyclic) bond motifs is 1. The molecule has 0 saturated carbocycles. The van der Waals surface area contributed by atoms with Crippen LogP contribution in [0.2, 0.25) is 0 Å². The summed E-state index contributed by atoms with van der Waals surface area (Å²) in [6.45, 7) is 5.11. The van der Waals surface area contributed by atoms with Crippen LogP contribution >= 0.6 is 0 Å². The molecule has 2 aromatic rings. The first-order valence-corrected chi connectivity index (χ1v) is 8.01. The number of hydrogen-bond acceptors (Lipinski definition) is 4. The largest absolute Gasteiger partial charge is 0.321 e. The highest BCUT2D eigenvalue weighted by Crippen LogP contribution is 2.14. The van der Waals surface area contributed by atoms with Crippen LogP contribution in [0.4, 0.5) is 0 Å². The molecule has 1 fully saturated rings. The zero-order valence-corrected chi connectivity index (χ0v) is 13.2. The van der Waals surface area contributed by atoms with E-state index in [9.17, 15) is 9.59 Å². The van der Waals surface area contributed by atoms with Gasteiger partial charge in [0.2, 0.25) is 0 Å². The Hall–Kier alpha value is -2.39. The van der Waals surface area contributed by atoms with Crippen LogP contribution in [-0.4, -0.2) is 33.6 Å². The summed E-state index contributed by atoms with van der Waals surface area (Å²) < 4.78 is 1.66. The maximum atomic E-state index is 12.6. The van der Waals surface area contributed by atoms with Crippen LogP contribution in [0.5, 0.6) is 0 Å². The number of likely N-dealkylation sites (tertiary alicyclic amines) is 1. The fraction of sp³-hybridized carbons (Fsp3) is 0.471. The van der Waals surface area contributed by atoms with Crippen LogP contribution in [0.15, 0.2) is 27.9 Å². The van der Waals surface area contributed by atoms with E-state index in [0.29, 0.717) is 23.5 Å². The fourth-order valence-corrected chi connectivity index (χ4v) is 3.19. The maximum Gasteiger partial charge on any atom is 0.266 e. The van der Waals surface area contributed by atoms with Gasteiger partial charge in [-0.15, -0.1) is 0 Å². The number of hydrogen-bond donors (Lipinski definition) is 1. The number of pyridine rings is 2. The van der Waals surface area contributed by atoms with Crippen molar-refractivity contribution in [2.75, 3.05) is 13.1 Å². The number of nitrogens with zero attached hydrogens (tertiary/aromatic N) is 3. The molecule has 1 atom stereocenters. The molecule has 1 N–H and O–H groups in total. The van der Waals surface area contributed by atoms with Crippen molar-refractivity contribution in [1.82, 2.24) is 14.5 Å². The predicted molar refractivity (Wildman–Crippen MR) is 88.4 cm³/mol. The molecule has 1 aliphatic heterocycles. The lowest BCUT2D eigenvalue weighted by atomic mass is 10.2. The molecule has 2 aromatic heterocycles. The van der Waals surface area contributed by atoms with Gasteiger partial charge in [-0.2, -0.15) is 5.26 Å². The third kappa shape index (κ3) is 3.06. The summed E-state index contributed by atoms with van der Waals surface area (Å²) in [5.74, 6) is 0. The lowest BCUT2D eigenvalue weighted by Gasteiger charge is -2.23. The third-order valence-electron chi connectivity index (χ3n) is 4.66. The van der Waals surface area contributed by atoms with Crippen LogP contribution in [0, 0.1) is 11.3 Å². The van der Waals surface area contributed by atoms with E-state index in [0.717, 1.165) is 19.5 Å². The first-order valence-electron chi connectivity index (χ1n) is 8.01. The highest BCUT2D eigenvalue weighted by Gasteiger charge is 2.18. The van der Waals surface area contributed by atoms with Gasteiger partial charge in [0.05, 0.1) is 10.9 Å². The predicted octanol–water partition coefficient (Wildman–Crippen LogP) is 1.44. The lowest BCUT2D eigenvalue weighted by Crippen LogP contribution is -2.32. The molecule has 3 heterocycles. The number of nitriles is 1. The van der Waals surface area contributed by atoms with Crippen LogP contribution in [0.25, 0.3) is 10.9 Å². The summed E-state index contributed by atoms with van der Waals surface area (Å²) in [5.41, 5.74) is -0.177. The molecule has 0 aliphatic carbocycles. The van der Waals surface area contributed by atoms with Crippen molar-refractivity contribution < 1.29 is 0 Å². The summed E-state index contributed by atoms with van der Waals surface area (Å²) >= 11 is 0. The van der Waals surface area contributed by atoms with Gasteiger partial charge in [-0.3, -0.25) is 9.59 Å². The molecular formula is C17H20N4O2. The summed E-state index contributed by atoms with van der Waals surface area (Å²) in [7, 11) is 0. The van der Waals surface area contributed by atoms with Crippen molar-refractivity contribution in [3.05, 3.63) is 44.6 Å². The number of aromatic nitrogens is 2. The van der Waals surface area contributed by atoms with Gasteiger partial charge in [0, 0.05) is 18.8 Å². The van der Waals surface area contributed by atoms with Gasteiger partial charge in [0.1, 0.15) is 11.6 Å². The van der Waals surface area contributed by atoms with Crippen LogP contribution in [0.1, 0.15) is 31.7 Å². The molecule has 23 heavy (non-hydrogen) atoms. The summed E-state index contributed by atoms with van der Waals surface area (Å²) in [4.78, 5) is 29.2. The van der Waals surface area contributed by atoms with E-state index in [-0.39, 0.29) is 11.1 Å². The summed E-state index contributed by atoms with van der Waals surface area (Å²) in [6.07, 6.45) is 5.12. The van der Waals surface area contributed by atoms with E-state index < -0.39 is 5.56 Å². The number of H-pyrrole nitrogens is 1. The lowest BCUT2D eigenvalue weighted by molar-refractivity contribution is 0.239. The van der Waals surface area contributed by atoms with E-state index in [1.165, 1.54) is 18.9 Å². The second-order valence-corrected chi connectivity index (χ2v) is 6.15.